The largest absolute Gasteiger partial charge is 0.457 e. The van der Waals surface area contributed by atoms with Crippen LogP contribution >= 0.6 is 11.3 Å². The predicted octanol–water partition coefficient (Wildman–Crippen LogP) is 4.06. The Hall–Kier alpha value is -4.57. The van der Waals surface area contributed by atoms with E-state index in [-0.39, 0.29) is 17.0 Å². The Morgan fingerprint density at radius 1 is 1.11 bits per heavy atom. The highest BCUT2D eigenvalue weighted by Crippen LogP contribution is 2.31. The molecular formula is C28H24N4O5S. The van der Waals surface area contributed by atoms with E-state index in [1.165, 1.54) is 30.4 Å². The van der Waals surface area contributed by atoms with Crippen LogP contribution in [0.1, 0.15) is 31.2 Å². The second kappa shape index (κ2) is 9.71. The number of furan rings is 1. The molecule has 0 saturated carbocycles. The highest BCUT2D eigenvalue weighted by Gasteiger charge is 2.30. The molecule has 0 aliphatic carbocycles. The second-order valence-electron chi connectivity index (χ2n) is 9.13. The number of thiazole rings is 1. The third kappa shape index (κ3) is 4.50. The molecule has 10 heteroatoms. The van der Waals surface area contributed by atoms with Gasteiger partial charge in [-0.1, -0.05) is 23.5 Å². The van der Waals surface area contributed by atoms with Crippen LogP contribution in [0.25, 0.3) is 17.4 Å². The van der Waals surface area contributed by atoms with Crippen molar-refractivity contribution in [3.63, 3.8) is 0 Å². The van der Waals surface area contributed by atoms with Crippen LogP contribution in [-0.2, 0) is 4.79 Å². The number of hydrogen-bond donors (Lipinski definition) is 0. The van der Waals surface area contributed by atoms with Gasteiger partial charge in [0, 0.05) is 54.8 Å². The minimum Gasteiger partial charge on any atom is -0.457 e. The van der Waals surface area contributed by atoms with Gasteiger partial charge in [-0.05, 0) is 55.8 Å². The van der Waals surface area contributed by atoms with Crippen LogP contribution in [0, 0.1) is 10.1 Å². The number of allylic oxidation sites excluding steroid dienone is 2. The van der Waals surface area contributed by atoms with E-state index in [2.05, 4.69) is 4.99 Å². The molecular weight excluding hydrogens is 504 g/mol. The molecule has 1 aliphatic rings. The van der Waals surface area contributed by atoms with Crippen molar-refractivity contribution in [1.29, 1.82) is 0 Å². The maximum atomic E-state index is 13.7. The van der Waals surface area contributed by atoms with Gasteiger partial charge in [-0.25, -0.2) is 4.99 Å². The molecule has 0 fully saturated rings. The Morgan fingerprint density at radius 3 is 2.39 bits per heavy atom. The summed E-state index contributed by atoms with van der Waals surface area (Å²) < 4.78 is 7.91. The average molecular weight is 529 g/mol. The van der Waals surface area contributed by atoms with Crippen LogP contribution in [0.15, 0.2) is 86.1 Å². The summed E-state index contributed by atoms with van der Waals surface area (Å²) in [6.45, 7) is 3.28. The van der Waals surface area contributed by atoms with Crippen molar-refractivity contribution in [3.8, 4) is 11.3 Å². The highest BCUT2D eigenvalue weighted by molar-refractivity contribution is 7.07. The lowest BCUT2D eigenvalue weighted by Crippen LogP contribution is -2.39. The molecule has 5 rings (SSSR count). The number of nitro groups is 1. The van der Waals surface area contributed by atoms with E-state index >= 15 is 0 Å². The van der Waals surface area contributed by atoms with Crippen LogP contribution < -0.4 is 19.8 Å². The molecule has 4 aromatic rings. The van der Waals surface area contributed by atoms with Gasteiger partial charge in [0.15, 0.2) is 10.6 Å². The van der Waals surface area contributed by atoms with Gasteiger partial charge < -0.3 is 9.32 Å². The summed E-state index contributed by atoms with van der Waals surface area (Å²) in [4.78, 5) is 43.9. The van der Waals surface area contributed by atoms with Gasteiger partial charge in [0.2, 0.25) is 0 Å². The fourth-order valence-corrected chi connectivity index (χ4v) is 5.53. The number of fused-ring (bicyclic) bond motifs is 1. The van der Waals surface area contributed by atoms with E-state index in [1.807, 2.05) is 43.3 Å². The number of hydrogen-bond acceptors (Lipinski definition) is 8. The molecule has 0 amide bonds. The maximum absolute atomic E-state index is 13.7. The van der Waals surface area contributed by atoms with Gasteiger partial charge in [0.05, 0.1) is 15.5 Å². The van der Waals surface area contributed by atoms with Crippen LogP contribution in [0.5, 0.6) is 0 Å². The number of nitro benzene ring substituents is 1. The first kappa shape index (κ1) is 25.1. The molecule has 0 spiro atoms. The van der Waals surface area contributed by atoms with Gasteiger partial charge in [-0.3, -0.25) is 24.3 Å². The monoisotopic (exact) mass is 528 g/mol. The molecule has 2 aromatic carbocycles. The van der Waals surface area contributed by atoms with E-state index in [0.717, 1.165) is 11.3 Å². The zero-order valence-electron chi connectivity index (χ0n) is 21.2. The SMILES string of the molecule is CC(=O)C1=C(C)N=c2s/c(=C/c3ccc(-c4ccc([N+](=O)[O-])cc4)o3)c(=O)n2[C@@H]1c1ccc(N(C)C)cc1. The molecule has 9 nitrogen and oxygen atoms in total. The lowest BCUT2D eigenvalue weighted by atomic mass is 9.93. The summed E-state index contributed by atoms with van der Waals surface area (Å²) in [5.41, 5.74) is 3.31. The van der Waals surface area contributed by atoms with Crippen molar-refractivity contribution >= 4 is 34.6 Å². The van der Waals surface area contributed by atoms with Gasteiger partial charge >= 0.3 is 0 Å². The van der Waals surface area contributed by atoms with Crippen LogP contribution in [-0.4, -0.2) is 29.4 Å². The minimum absolute atomic E-state index is 0.00669. The molecule has 0 radical (unpaired) electrons. The molecule has 192 valence electrons. The van der Waals surface area contributed by atoms with Crippen molar-refractivity contribution in [2.75, 3.05) is 19.0 Å². The van der Waals surface area contributed by atoms with Crippen LogP contribution in [0.4, 0.5) is 11.4 Å². The van der Waals surface area contributed by atoms with Crippen LogP contribution in [0.2, 0.25) is 0 Å². The molecule has 0 N–H and O–H groups in total. The van der Waals surface area contributed by atoms with Gasteiger partial charge in [0.1, 0.15) is 11.5 Å². The summed E-state index contributed by atoms with van der Waals surface area (Å²) in [7, 11) is 3.90. The summed E-state index contributed by atoms with van der Waals surface area (Å²) in [6, 6.07) is 16.7. The topological polar surface area (TPSA) is 111 Å². The fraction of sp³-hybridized carbons (Fsp3) is 0.179. The van der Waals surface area contributed by atoms with E-state index in [0.29, 0.717) is 37.7 Å². The number of aromatic nitrogens is 1. The first-order chi connectivity index (χ1) is 18.1. The Kier molecular flexibility index (Phi) is 6.41. The smallest absolute Gasteiger partial charge is 0.271 e. The number of nitrogens with zero attached hydrogens (tertiary/aromatic N) is 4. The summed E-state index contributed by atoms with van der Waals surface area (Å²) in [6.07, 6.45) is 1.65. The van der Waals surface area contributed by atoms with Gasteiger partial charge in [-0.15, -0.1) is 0 Å². The van der Waals surface area contributed by atoms with Crippen molar-refractivity contribution in [3.05, 3.63) is 113 Å². The molecule has 38 heavy (non-hydrogen) atoms. The molecule has 1 atom stereocenters. The zero-order chi connectivity index (χ0) is 27.1. The minimum atomic E-state index is -0.589. The number of carbonyl (C=O) groups is 1. The molecule has 0 unspecified atom stereocenters. The lowest BCUT2D eigenvalue weighted by Gasteiger charge is -2.25. The number of non-ortho nitro benzene ring substituents is 1. The van der Waals surface area contributed by atoms with Crippen molar-refractivity contribution in [1.82, 2.24) is 4.57 Å². The van der Waals surface area contributed by atoms with Crippen LogP contribution in [0.3, 0.4) is 0 Å². The second-order valence-corrected chi connectivity index (χ2v) is 10.1. The maximum Gasteiger partial charge on any atom is 0.271 e. The predicted molar refractivity (Wildman–Crippen MR) is 146 cm³/mol. The number of benzene rings is 2. The van der Waals surface area contributed by atoms with E-state index in [1.54, 1.807) is 41.8 Å². The zero-order valence-corrected chi connectivity index (χ0v) is 22.0. The van der Waals surface area contributed by atoms with Crippen molar-refractivity contribution in [2.45, 2.75) is 19.9 Å². The fourth-order valence-electron chi connectivity index (χ4n) is 4.50. The first-order valence-corrected chi connectivity index (χ1v) is 12.6. The van der Waals surface area contributed by atoms with E-state index in [4.69, 9.17) is 4.42 Å². The number of carbonyl (C=O) groups excluding carboxylic acids is 1. The Morgan fingerprint density at radius 2 is 1.79 bits per heavy atom. The highest BCUT2D eigenvalue weighted by atomic mass is 32.1. The van der Waals surface area contributed by atoms with E-state index < -0.39 is 11.0 Å². The molecule has 2 aromatic heterocycles. The molecule has 0 bridgehead atoms. The Bertz CT molecular complexity index is 1770. The quantitative estimate of drug-likeness (QED) is 0.276. The third-order valence-electron chi connectivity index (χ3n) is 6.39. The number of rotatable bonds is 6. The number of ketones is 1. The molecule has 3 heterocycles. The van der Waals surface area contributed by atoms with Crippen molar-refractivity contribution < 1.29 is 14.1 Å². The first-order valence-electron chi connectivity index (χ1n) is 11.8. The Balaban J connectivity index is 1.58. The number of anilines is 1. The summed E-state index contributed by atoms with van der Waals surface area (Å²) in [5, 5.41) is 10.9. The summed E-state index contributed by atoms with van der Waals surface area (Å²) in [5.74, 6) is 0.839. The average Bonchev–Trinajstić information content (AvgIpc) is 3.47. The molecule has 1 aliphatic heterocycles. The lowest BCUT2D eigenvalue weighted by molar-refractivity contribution is -0.384. The van der Waals surface area contributed by atoms with Gasteiger partial charge in [-0.2, -0.15) is 0 Å². The normalized spacial score (nSPS) is 15.3. The standard InChI is InChI=1S/C28H24N4O5S/c1-16-25(17(2)33)26(19-7-9-20(10-8-19)30(3)4)31-27(34)24(38-28(31)29-16)15-22-13-14-23(37-22)18-5-11-21(12-6-18)32(35)36/h5-15,26H,1-4H3/b24-15+/t26-/m1/s1. The van der Waals surface area contributed by atoms with Gasteiger partial charge in [0.25, 0.3) is 11.2 Å². The Labute approximate surface area is 221 Å². The molecule has 0 saturated heterocycles. The van der Waals surface area contributed by atoms with Crippen molar-refractivity contribution in [2.24, 2.45) is 4.99 Å². The number of Topliss-reactive ketones (excluding diaryl/α,β-unsaturated/α-hetero) is 1. The third-order valence-corrected chi connectivity index (χ3v) is 7.37. The summed E-state index contributed by atoms with van der Waals surface area (Å²) >= 11 is 1.23. The van der Waals surface area contributed by atoms with E-state index in [9.17, 15) is 19.7 Å².